The molecule has 0 radical (unpaired) electrons. The number of nitrogens with zero attached hydrogens (tertiary/aromatic N) is 2. The number of ketones is 1. The molecule has 0 saturated heterocycles. The molecule has 0 spiro atoms. The number of alkyl halides is 3. The second-order valence-corrected chi connectivity index (χ2v) is 5.06. The standard InChI is InChI=1S/C15H15F3N2O/c1-2-20(11-5-6-13(21)7-11)12-4-3-10(9-19)14(8-12)15(16,17)18/h3-4,8,11H,2,5-7H2,1H3. The lowest BCUT2D eigenvalue weighted by Crippen LogP contribution is -2.33. The lowest BCUT2D eigenvalue weighted by Gasteiger charge is -2.30. The van der Waals surface area contributed by atoms with Gasteiger partial charge in [0, 0.05) is 31.1 Å². The second kappa shape index (κ2) is 5.76. The van der Waals surface area contributed by atoms with Gasteiger partial charge in [0.15, 0.2) is 0 Å². The van der Waals surface area contributed by atoms with E-state index in [1.807, 2.05) is 6.92 Å². The zero-order valence-electron chi connectivity index (χ0n) is 11.6. The summed E-state index contributed by atoms with van der Waals surface area (Å²) in [4.78, 5) is 13.2. The van der Waals surface area contributed by atoms with Crippen LogP contribution < -0.4 is 4.90 Å². The fraction of sp³-hybridized carbons (Fsp3) is 0.467. The van der Waals surface area contributed by atoms with Gasteiger partial charge in [0.2, 0.25) is 0 Å². The summed E-state index contributed by atoms with van der Waals surface area (Å²) in [6.45, 7) is 2.36. The maximum atomic E-state index is 13.0. The first-order valence-electron chi connectivity index (χ1n) is 6.76. The third kappa shape index (κ3) is 3.18. The molecule has 21 heavy (non-hydrogen) atoms. The number of hydrogen-bond donors (Lipinski definition) is 0. The molecular weight excluding hydrogens is 281 g/mol. The van der Waals surface area contributed by atoms with Gasteiger partial charge in [-0.1, -0.05) is 0 Å². The van der Waals surface area contributed by atoms with E-state index in [1.165, 1.54) is 12.1 Å². The third-order valence-electron chi connectivity index (χ3n) is 3.76. The summed E-state index contributed by atoms with van der Waals surface area (Å²) in [7, 11) is 0. The Morgan fingerprint density at radius 1 is 1.43 bits per heavy atom. The van der Waals surface area contributed by atoms with E-state index in [0.717, 1.165) is 6.07 Å². The van der Waals surface area contributed by atoms with Gasteiger partial charge in [-0.05, 0) is 31.5 Å². The first kappa shape index (κ1) is 15.4. The SMILES string of the molecule is CCN(c1ccc(C#N)c(C(F)(F)F)c1)C1CCC(=O)C1. The number of hydrogen-bond acceptors (Lipinski definition) is 3. The summed E-state index contributed by atoms with van der Waals surface area (Å²) in [6, 6.07) is 5.22. The molecule has 0 amide bonds. The summed E-state index contributed by atoms with van der Waals surface area (Å²) < 4.78 is 39.0. The van der Waals surface area contributed by atoms with E-state index >= 15 is 0 Å². The summed E-state index contributed by atoms with van der Waals surface area (Å²) in [6.07, 6.45) is -3.06. The zero-order valence-corrected chi connectivity index (χ0v) is 11.6. The highest BCUT2D eigenvalue weighted by Crippen LogP contribution is 2.35. The van der Waals surface area contributed by atoms with E-state index in [1.54, 1.807) is 11.0 Å². The topological polar surface area (TPSA) is 44.1 Å². The van der Waals surface area contributed by atoms with Crippen molar-refractivity contribution in [2.45, 2.75) is 38.4 Å². The quantitative estimate of drug-likeness (QED) is 0.857. The van der Waals surface area contributed by atoms with E-state index in [2.05, 4.69) is 0 Å². The van der Waals surface area contributed by atoms with Gasteiger partial charge in [0.05, 0.1) is 17.2 Å². The predicted molar refractivity (Wildman–Crippen MR) is 71.8 cm³/mol. The van der Waals surface area contributed by atoms with Gasteiger partial charge in [-0.25, -0.2) is 0 Å². The molecule has 2 rings (SSSR count). The van der Waals surface area contributed by atoms with Crippen molar-refractivity contribution in [3.63, 3.8) is 0 Å². The fourth-order valence-electron chi connectivity index (χ4n) is 2.76. The molecule has 6 heteroatoms. The average Bonchev–Trinajstić information content (AvgIpc) is 2.85. The Morgan fingerprint density at radius 2 is 2.14 bits per heavy atom. The minimum absolute atomic E-state index is 0.0588. The van der Waals surface area contributed by atoms with E-state index in [0.29, 0.717) is 31.5 Å². The molecule has 1 saturated carbocycles. The number of rotatable bonds is 3. The molecule has 1 fully saturated rings. The maximum Gasteiger partial charge on any atom is 0.417 e. The van der Waals surface area contributed by atoms with Crippen LogP contribution in [-0.4, -0.2) is 18.4 Å². The second-order valence-electron chi connectivity index (χ2n) is 5.06. The summed E-state index contributed by atoms with van der Waals surface area (Å²) >= 11 is 0. The van der Waals surface area contributed by atoms with Crippen molar-refractivity contribution in [2.24, 2.45) is 0 Å². The third-order valence-corrected chi connectivity index (χ3v) is 3.76. The lowest BCUT2D eigenvalue weighted by atomic mass is 10.1. The molecule has 0 aromatic heterocycles. The summed E-state index contributed by atoms with van der Waals surface area (Å²) in [5, 5.41) is 8.81. The normalized spacial score (nSPS) is 18.6. The fourth-order valence-corrected chi connectivity index (χ4v) is 2.76. The highest BCUT2D eigenvalue weighted by molar-refractivity contribution is 5.82. The van der Waals surface area contributed by atoms with Crippen LogP contribution in [0.2, 0.25) is 0 Å². The smallest absolute Gasteiger partial charge is 0.368 e. The van der Waals surface area contributed by atoms with Crippen molar-refractivity contribution in [2.75, 3.05) is 11.4 Å². The number of carbonyl (C=O) groups excluding carboxylic acids is 1. The maximum absolute atomic E-state index is 13.0. The van der Waals surface area contributed by atoms with Gasteiger partial charge < -0.3 is 4.90 Å². The van der Waals surface area contributed by atoms with Crippen LogP contribution in [0.4, 0.5) is 18.9 Å². The molecule has 0 aliphatic heterocycles. The van der Waals surface area contributed by atoms with Crippen molar-refractivity contribution in [1.29, 1.82) is 5.26 Å². The van der Waals surface area contributed by atoms with E-state index in [-0.39, 0.29) is 17.4 Å². The first-order chi connectivity index (χ1) is 9.86. The molecule has 0 heterocycles. The van der Waals surface area contributed by atoms with Crippen LogP contribution in [0.1, 0.15) is 37.3 Å². The number of carbonyl (C=O) groups is 1. The molecule has 1 aromatic rings. The first-order valence-corrected chi connectivity index (χ1v) is 6.76. The molecule has 1 aromatic carbocycles. The monoisotopic (exact) mass is 296 g/mol. The number of halogens is 3. The molecule has 3 nitrogen and oxygen atoms in total. The Balaban J connectivity index is 2.39. The van der Waals surface area contributed by atoms with E-state index in [4.69, 9.17) is 5.26 Å². The largest absolute Gasteiger partial charge is 0.417 e. The van der Waals surface area contributed by atoms with Gasteiger partial charge >= 0.3 is 6.18 Å². The van der Waals surface area contributed by atoms with Crippen molar-refractivity contribution in [1.82, 2.24) is 0 Å². The number of anilines is 1. The van der Waals surface area contributed by atoms with Crippen LogP contribution in [0.5, 0.6) is 0 Å². The Bertz CT molecular complexity index is 590. The zero-order chi connectivity index (χ0) is 15.6. The average molecular weight is 296 g/mol. The minimum Gasteiger partial charge on any atom is -0.368 e. The Kier molecular flexibility index (Phi) is 4.21. The van der Waals surface area contributed by atoms with Gasteiger partial charge in [0.1, 0.15) is 5.78 Å². The van der Waals surface area contributed by atoms with Gasteiger partial charge in [-0.2, -0.15) is 18.4 Å². The van der Waals surface area contributed by atoms with Crippen molar-refractivity contribution in [3.8, 4) is 6.07 Å². The lowest BCUT2D eigenvalue weighted by molar-refractivity contribution is -0.137. The van der Waals surface area contributed by atoms with E-state index < -0.39 is 11.7 Å². The highest BCUT2D eigenvalue weighted by Gasteiger charge is 2.35. The van der Waals surface area contributed by atoms with Crippen molar-refractivity contribution < 1.29 is 18.0 Å². The Hall–Kier alpha value is -2.03. The molecule has 0 N–H and O–H groups in total. The van der Waals surface area contributed by atoms with Gasteiger partial charge in [0.25, 0.3) is 0 Å². The van der Waals surface area contributed by atoms with Crippen LogP contribution in [-0.2, 0) is 11.0 Å². The van der Waals surface area contributed by atoms with Crippen LogP contribution in [0, 0.1) is 11.3 Å². The molecule has 1 aliphatic rings. The van der Waals surface area contributed by atoms with Crippen molar-refractivity contribution in [3.05, 3.63) is 29.3 Å². The molecule has 1 aliphatic carbocycles. The van der Waals surface area contributed by atoms with Crippen LogP contribution in [0.3, 0.4) is 0 Å². The number of Topliss-reactive ketones (excluding diaryl/α,β-unsaturated/α-hetero) is 1. The van der Waals surface area contributed by atoms with E-state index in [9.17, 15) is 18.0 Å². The van der Waals surface area contributed by atoms with Crippen LogP contribution in [0.25, 0.3) is 0 Å². The Labute approximate surface area is 121 Å². The van der Waals surface area contributed by atoms with Crippen molar-refractivity contribution >= 4 is 11.5 Å². The highest BCUT2D eigenvalue weighted by atomic mass is 19.4. The molecule has 0 bridgehead atoms. The van der Waals surface area contributed by atoms with Crippen LogP contribution in [0.15, 0.2) is 18.2 Å². The minimum atomic E-state index is -4.56. The van der Waals surface area contributed by atoms with Gasteiger partial charge in [-0.15, -0.1) is 0 Å². The number of benzene rings is 1. The Morgan fingerprint density at radius 3 is 2.62 bits per heavy atom. The molecule has 1 unspecified atom stereocenters. The number of nitriles is 1. The summed E-state index contributed by atoms with van der Waals surface area (Å²) in [5.41, 5.74) is -0.904. The van der Waals surface area contributed by atoms with Crippen LogP contribution >= 0.6 is 0 Å². The van der Waals surface area contributed by atoms with Gasteiger partial charge in [-0.3, -0.25) is 4.79 Å². The molecule has 112 valence electrons. The molecular formula is C15H15F3N2O. The predicted octanol–water partition coefficient (Wildman–Crippen LogP) is 3.52. The summed E-state index contributed by atoms with van der Waals surface area (Å²) in [5.74, 6) is 0.142. The molecule has 1 atom stereocenters.